The average Bonchev–Trinajstić information content (AvgIpc) is 3.21. The SMILES string of the molecule is Cn1ccnc1C(NCCOC1CCCC1)c1cccs1. The maximum atomic E-state index is 5.93. The van der Waals surface area contributed by atoms with Crippen molar-refractivity contribution in [2.45, 2.75) is 37.8 Å². The van der Waals surface area contributed by atoms with Gasteiger partial charge in [-0.25, -0.2) is 4.98 Å². The molecule has 1 N–H and O–H groups in total. The molecule has 1 saturated carbocycles. The van der Waals surface area contributed by atoms with Gasteiger partial charge in [0.25, 0.3) is 0 Å². The van der Waals surface area contributed by atoms with Crippen molar-refractivity contribution >= 4 is 11.3 Å². The molecule has 0 aliphatic heterocycles. The second kappa shape index (κ2) is 7.20. The van der Waals surface area contributed by atoms with Gasteiger partial charge in [0.15, 0.2) is 0 Å². The van der Waals surface area contributed by atoms with E-state index in [-0.39, 0.29) is 6.04 Å². The van der Waals surface area contributed by atoms with E-state index in [2.05, 4.69) is 32.4 Å². The van der Waals surface area contributed by atoms with E-state index in [1.807, 2.05) is 19.4 Å². The summed E-state index contributed by atoms with van der Waals surface area (Å²) in [5, 5.41) is 5.70. The quantitative estimate of drug-likeness (QED) is 0.799. The third-order valence-electron chi connectivity index (χ3n) is 4.05. The molecule has 0 bridgehead atoms. The zero-order valence-electron chi connectivity index (χ0n) is 12.5. The minimum absolute atomic E-state index is 0.150. The van der Waals surface area contributed by atoms with Crippen LogP contribution in [0.25, 0.3) is 0 Å². The molecule has 3 rings (SSSR count). The molecule has 1 aliphatic rings. The molecule has 114 valence electrons. The highest BCUT2D eigenvalue weighted by Gasteiger charge is 2.19. The van der Waals surface area contributed by atoms with Crippen molar-refractivity contribution in [3.05, 3.63) is 40.6 Å². The van der Waals surface area contributed by atoms with E-state index in [1.54, 1.807) is 11.3 Å². The predicted molar refractivity (Wildman–Crippen MR) is 85.6 cm³/mol. The largest absolute Gasteiger partial charge is 0.377 e. The van der Waals surface area contributed by atoms with E-state index >= 15 is 0 Å². The summed E-state index contributed by atoms with van der Waals surface area (Å²) < 4.78 is 8.01. The van der Waals surface area contributed by atoms with Crippen molar-refractivity contribution in [3.8, 4) is 0 Å². The molecular formula is C16H23N3OS. The summed E-state index contributed by atoms with van der Waals surface area (Å²) in [7, 11) is 2.04. The summed E-state index contributed by atoms with van der Waals surface area (Å²) in [5.74, 6) is 1.05. The lowest BCUT2D eigenvalue weighted by molar-refractivity contribution is 0.0595. The zero-order valence-corrected chi connectivity index (χ0v) is 13.3. The normalized spacial score (nSPS) is 17.4. The van der Waals surface area contributed by atoms with Gasteiger partial charge in [-0.15, -0.1) is 11.3 Å². The molecule has 1 aliphatic carbocycles. The maximum Gasteiger partial charge on any atom is 0.131 e. The van der Waals surface area contributed by atoms with Gasteiger partial charge in [-0.1, -0.05) is 18.9 Å². The summed E-state index contributed by atoms with van der Waals surface area (Å²) in [6.07, 6.45) is 9.44. The number of aromatic nitrogens is 2. The summed E-state index contributed by atoms with van der Waals surface area (Å²) in [6, 6.07) is 4.40. The molecule has 1 fully saturated rings. The van der Waals surface area contributed by atoms with Crippen molar-refractivity contribution in [1.82, 2.24) is 14.9 Å². The molecule has 0 radical (unpaired) electrons. The smallest absolute Gasteiger partial charge is 0.131 e. The molecule has 1 atom stereocenters. The Bertz CT molecular complexity index is 531. The summed E-state index contributed by atoms with van der Waals surface area (Å²) in [6.45, 7) is 1.63. The minimum Gasteiger partial charge on any atom is -0.377 e. The fraction of sp³-hybridized carbons (Fsp3) is 0.562. The molecule has 1 unspecified atom stereocenters. The molecule has 4 nitrogen and oxygen atoms in total. The molecule has 0 aromatic carbocycles. The second-order valence-corrected chi connectivity index (χ2v) is 6.56. The topological polar surface area (TPSA) is 39.1 Å². The first-order valence-electron chi connectivity index (χ1n) is 7.70. The Balaban J connectivity index is 1.57. The van der Waals surface area contributed by atoms with Crippen LogP contribution in [0, 0.1) is 0 Å². The number of ether oxygens (including phenoxy) is 1. The molecule has 5 heteroatoms. The molecule has 0 spiro atoms. The van der Waals surface area contributed by atoms with Crippen LogP contribution in [0.5, 0.6) is 0 Å². The van der Waals surface area contributed by atoms with E-state index in [4.69, 9.17) is 4.74 Å². The lowest BCUT2D eigenvalue weighted by Crippen LogP contribution is -2.28. The Morgan fingerprint density at radius 3 is 3.00 bits per heavy atom. The lowest BCUT2D eigenvalue weighted by atomic mass is 10.2. The van der Waals surface area contributed by atoms with Crippen LogP contribution in [0.1, 0.15) is 42.4 Å². The van der Waals surface area contributed by atoms with Crippen LogP contribution in [-0.4, -0.2) is 28.8 Å². The van der Waals surface area contributed by atoms with Gasteiger partial charge in [-0.2, -0.15) is 0 Å². The number of imidazole rings is 1. The second-order valence-electron chi connectivity index (χ2n) is 5.58. The first kappa shape index (κ1) is 14.8. The number of hydrogen-bond acceptors (Lipinski definition) is 4. The lowest BCUT2D eigenvalue weighted by Gasteiger charge is -2.18. The van der Waals surface area contributed by atoms with Crippen molar-refractivity contribution in [2.75, 3.05) is 13.2 Å². The summed E-state index contributed by atoms with van der Waals surface area (Å²) >= 11 is 1.76. The van der Waals surface area contributed by atoms with Crippen molar-refractivity contribution < 1.29 is 4.74 Å². The Morgan fingerprint density at radius 1 is 1.48 bits per heavy atom. The van der Waals surface area contributed by atoms with Gasteiger partial charge < -0.3 is 14.6 Å². The Labute approximate surface area is 130 Å². The number of nitrogens with zero attached hydrogens (tertiary/aromatic N) is 2. The standard InChI is InChI=1S/C16H23N3OS/c1-19-10-8-18-16(19)15(14-7-4-12-21-14)17-9-11-20-13-5-2-3-6-13/h4,7-8,10,12-13,15,17H,2-3,5-6,9,11H2,1H3. The first-order valence-corrected chi connectivity index (χ1v) is 8.58. The molecule has 21 heavy (non-hydrogen) atoms. The highest BCUT2D eigenvalue weighted by molar-refractivity contribution is 7.10. The molecule has 2 heterocycles. The van der Waals surface area contributed by atoms with Crippen molar-refractivity contribution in [2.24, 2.45) is 7.05 Å². The van der Waals surface area contributed by atoms with E-state index in [1.165, 1.54) is 30.6 Å². The van der Waals surface area contributed by atoms with E-state index in [9.17, 15) is 0 Å². The summed E-state index contributed by atoms with van der Waals surface area (Å²) in [4.78, 5) is 5.79. The van der Waals surface area contributed by atoms with Crippen LogP contribution >= 0.6 is 11.3 Å². The van der Waals surface area contributed by atoms with E-state index < -0.39 is 0 Å². The predicted octanol–water partition coefficient (Wildman–Crippen LogP) is 3.12. The molecule has 2 aromatic rings. The van der Waals surface area contributed by atoms with E-state index in [0.717, 1.165) is 19.0 Å². The average molecular weight is 305 g/mol. The van der Waals surface area contributed by atoms with Crippen LogP contribution in [-0.2, 0) is 11.8 Å². The number of thiophene rings is 1. The highest BCUT2D eigenvalue weighted by atomic mass is 32.1. The fourth-order valence-electron chi connectivity index (χ4n) is 2.91. The van der Waals surface area contributed by atoms with Gasteiger partial charge in [0.1, 0.15) is 11.9 Å². The van der Waals surface area contributed by atoms with Crippen molar-refractivity contribution in [3.63, 3.8) is 0 Å². The molecule has 0 saturated heterocycles. The number of nitrogens with one attached hydrogen (secondary N) is 1. The van der Waals surface area contributed by atoms with Crippen LogP contribution in [0.15, 0.2) is 29.9 Å². The Kier molecular flexibility index (Phi) is 5.06. The zero-order chi connectivity index (χ0) is 14.5. The minimum atomic E-state index is 0.150. The van der Waals surface area contributed by atoms with Crippen LogP contribution < -0.4 is 5.32 Å². The van der Waals surface area contributed by atoms with Crippen LogP contribution in [0.3, 0.4) is 0 Å². The van der Waals surface area contributed by atoms with Gasteiger partial charge >= 0.3 is 0 Å². The third kappa shape index (κ3) is 3.73. The summed E-state index contributed by atoms with van der Waals surface area (Å²) in [5.41, 5.74) is 0. The monoisotopic (exact) mass is 305 g/mol. The van der Waals surface area contributed by atoms with Gasteiger partial charge in [-0.05, 0) is 24.3 Å². The third-order valence-corrected chi connectivity index (χ3v) is 4.99. The van der Waals surface area contributed by atoms with Gasteiger partial charge in [-0.3, -0.25) is 0 Å². The molecule has 2 aromatic heterocycles. The maximum absolute atomic E-state index is 5.93. The highest BCUT2D eigenvalue weighted by Crippen LogP contribution is 2.24. The number of hydrogen-bond donors (Lipinski definition) is 1. The first-order chi connectivity index (χ1) is 10.3. The number of aryl methyl sites for hydroxylation is 1. The van der Waals surface area contributed by atoms with Gasteiger partial charge in [0, 0.05) is 30.9 Å². The van der Waals surface area contributed by atoms with Gasteiger partial charge in [0.2, 0.25) is 0 Å². The fourth-order valence-corrected chi connectivity index (χ4v) is 3.71. The van der Waals surface area contributed by atoms with E-state index in [0.29, 0.717) is 6.10 Å². The van der Waals surface area contributed by atoms with Crippen LogP contribution in [0.4, 0.5) is 0 Å². The Hall–Kier alpha value is -1.17. The van der Waals surface area contributed by atoms with Crippen molar-refractivity contribution in [1.29, 1.82) is 0 Å². The van der Waals surface area contributed by atoms with Crippen LogP contribution in [0.2, 0.25) is 0 Å². The number of rotatable bonds is 7. The van der Waals surface area contributed by atoms with Gasteiger partial charge in [0.05, 0.1) is 12.7 Å². The molecule has 0 amide bonds. The molecular weight excluding hydrogens is 282 g/mol. The Morgan fingerprint density at radius 2 is 2.33 bits per heavy atom.